The van der Waals surface area contributed by atoms with Crippen molar-refractivity contribution >= 4 is 193 Å². The molecule has 7 aromatic heterocycles. The first-order valence-corrected chi connectivity index (χ1v) is 34.4. The Kier molecular flexibility index (Phi) is 17.3. The molecule has 0 atom stereocenters. The quantitative estimate of drug-likeness (QED) is 0.175. The first kappa shape index (κ1) is 58.5. The third-order valence-corrected chi connectivity index (χ3v) is 23.7. The number of benzene rings is 8. The van der Waals surface area contributed by atoms with Crippen molar-refractivity contribution in [1.82, 2.24) is 34.9 Å². The molecule has 0 aliphatic rings. The van der Waals surface area contributed by atoms with Gasteiger partial charge in [0.25, 0.3) is 0 Å². The highest BCUT2D eigenvalue weighted by atomic mass is 79.9. The van der Waals surface area contributed by atoms with Crippen LogP contribution in [0.15, 0.2) is 170 Å². The zero-order valence-corrected chi connectivity index (χ0v) is 57.2. The molecule has 0 aliphatic carbocycles. The number of aliphatic hydroxyl groups is 1. The number of aryl methyl sites for hydroxylation is 6. The molecule has 15 rings (SSSR count). The smallest absolute Gasteiger partial charge is 0.124 e. The fraction of sp³-hybridized carbons (Fsp3) is 0.106. The van der Waals surface area contributed by atoms with E-state index in [1.165, 1.54) is 56.0 Å². The van der Waals surface area contributed by atoms with Crippen LogP contribution in [0.3, 0.4) is 0 Å². The second-order valence-corrected chi connectivity index (χ2v) is 29.2. The minimum absolute atomic E-state index is 1.00. The van der Waals surface area contributed by atoms with Crippen LogP contribution in [0.25, 0.3) is 125 Å². The number of aromatic nitrogens is 7. The number of nitrogens with zero attached hydrogens (tertiary/aromatic N) is 7. The van der Waals surface area contributed by atoms with E-state index in [4.69, 9.17) is 35.0 Å². The van der Waals surface area contributed by atoms with Crippen molar-refractivity contribution in [2.24, 2.45) is 0 Å². The highest BCUT2D eigenvalue weighted by molar-refractivity contribution is 9.11. The zero-order valence-electron chi connectivity index (χ0n) is 46.0. The van der Waals surface area contributed by atoms with Gasteiger partial charge in [-0.1, -0.05) is 143 Å². The average Bonchev–Trinajstić information content (AvgIpc) is 3.43. The Bertz CT molecular complexity index is 4220. The van der Waals surface area contributed by atoms with E-state index >= 15 is 0 Å². The second kappa shape index (κ2) is 24.8. The van der Waals surface area contributed by atoms with Gasteiger partial charge in [-0.05, 0) is 124 Å². The van der Waals surface area contributed by atoms with E-state index in [1.54, 1.807) is 68.0 Å². The van der Waals surface area contributed by atoms with Crippen molar-refractivity contribution in [3.05, 3.63) is 203 Å². The molecule has 0 fully saturated rings. The number of halogens is 4. The van der Waals surface area contributed by atoms with E-state index in [-0.39, 0.29) is 0 Å². The maximum atomic E-state index is 7.00. The molecule has 416 valence electrons. The molecule has 18 heteroatoms. The summed E-state index contributed by atoms with van der Waals surface area (Å²) in [7, 11) is 1.00. The Morgan fingerprint density at radius 2 is 0.476 bits per heavy atom. The maximum Gasteiger partial charge on any atom is 0.124 e. The minimum Gasteiger partial charge on any atom is -0.400 e. The van der Waals surface area contributed by atoms with Crippen LogP contribution >= 0.6 is 132 Å². The van der Waals surface area contributed by atoms with Crippen LogP contribution in [0, 0.1) is 41.5 Å². The third kappa shape index (κ3) is 11.4. The number of aliphatic hydroxyl groups excluding tert-OH is 1. The molecule has 1 N–H and O–H groups in total. The van der Waals surface area contributed by atoms with Gasteiger partial charge in [-0.25, -0.2) is 29.9 Å². The molecule has 7 heterocycles. The molecule has 15 aromatic rings. The Morgan fingerprint density at radius 3 is 0.738 bits per heavy atom. The summed E-state index contributed by atoms with van der Waals surface area (Å²) in [5, 5.41) is 13.3. The molecule has 84 heavy (non-hydrogen) atoms. The Hall–Kier alpha value is -5.87. The summed E-state index contributed by atoms with van der Waals surface area (Å²) in [5.41, 5.74) is 20.7. The first-order chi connectivity index (χ1) is 40.7. The fourth-order valence-corrected chi connectivity index (χ4v) is 17.8. The summed E-state index contributed by atoms with van der Waals surface area (Å²) in [6.07, 6.45) is 3.63. The maximum absolute atomic E-state index is 7.00. The van der Waals surface area contributed by atoms with Crippen LogP contribution < -0.4 is 0 Å². The standard InChI is InChI=1S/2C22H14Br2N2S2.C21H15N3S2.CH4O/c1-11-17-20(28-21(25-17)13-3-7-15(23)8-4-13)12(2)18-19(11)27-22(26-18)14-5-9-16(24)10-6-14;1-11-17-19(27-21(25-17)13-3-7-15(23)8-4-13)12(2)20-18(11)26-22(28-20)14-5-9-16(24)10-6-14;1-12-16-18(25-20(23-16)14-6-4-3-5-7-14)13(2)19-17(12)24-21(26-19)15-8-10-22-11-9-15;1-2/h2*3-10H,1-2H3;3-11H,1-2H3;2H,1H3. The van der Waals surface area contributed by atoms with Crippen LogP contribution in [0.2, 0.25) is 0 Å². The second-order valence-electron chi connectivity index (χ2n) is 19.6. The molecule has 8 nitrogen and oxygen atoms in total. The SMILES string of the molecule is CO.Cc1c2nc(-c3ccc(Br)cc3)sc2c(C)c2nc(-c3ccc(Br)cc3)sc12.Cc1c2nc(-c3ccc(Br)cc3)sc2c(C)c2sc(-c3ccc(Br)cc3)nc12.Cc1c2nc(-c3ccccc3)sc2c(C)c2sc(-c3ccncc3)nc12. The normalized spacial score (nSPS) is 11.3. The molecule has 0 spiro atoms. The highest BCUT2D eigenvalue weighted by Gasteiger charge is 2.22. The van der Waals surface area contributed by atoms with Gasteiger partial charge in [0.2, 0.25) is 0 Å². The van der Waals surface area contributed by atoms with Crippen LogP contribution in [0.5, 0.6) is 0 Å². The predicted molar refractivity (Wildman–Crippen MR) is 376 cm³/mol. The van der Waals surface area contributed by atoms with Crippen molar-refractivity contribution in [2.45, 2.75) is 41.5 Å². The molecular formula is C66H47Br4N7OS6. The van der Waals surface area contributed by atoms with Crippen molar-refractivity contribution in [1.29, 1.82) is 0 Å². The Morgan fingerprint density at radius 1 is 0.262 bits per heavy atom. The summed E-state index contributed by atoms with van der Waals surface area (Å²) >= 11 is 24.6. The molecule has 0 saturated carbocycles. The fourth-order valence-electron chi connectivity index (χ4n) is 9.80. The molecule has 0 radical (unpaired) electrons. The minimum atomic E-state index is 1.00. The van der Waals surface area contributed by atoms with Gasteiger partial charge in [-0.2, -0.15) is 0 Å². The van der Waals surface area contributed by atoms with Gasteiger partial charge in [0.15, 0.2) is 0 Å². The van der Waals surface area contributed by atoms with Gasteiger partial charge in [-0.15, -0.1) is 68.0 Å². The van der Waals surface area contributed by atoms with Gasteiger partial charge in [0.1, 0.15) is 30.0 Å². The summed E-state index contributed by atoms with van der Waals surface area (Å²) < 4.78 is 11.8. The molecule has 0 unspecified atom stereocenters. The van der Waals surface area contributed by atoms with Gasteiger partial charge in [0.05, 0.1) is 61.3 Å². The summed E-state index contributed by atoms with van der Waals surface area (Å²) in [5.74, 6) is 0. The number of fused-ring (bicyclic) bond motifs is 6. The Balaban J connectivity index is 0.000000122. The number of hydrogen-bond donors (Lipinski definition) is 1. The van der Waals surface area contributed by atoms with Crippen LogP contribution in [-0.4, -0.2) is 47.1 Å². The van der Waals surface area contributed by atoms with E-state index < -0.39 is 0 Å². The predicted octanol–water partition coefficient (Wildman–Crippen LogP) is 22.6. The summed E-state index contributed by atoms with van der Waals surface area (Å²) in [4.78, 5) is 33.9. The molecule has 0 aliphatic heterocycles. The van der Waals surface area contributed by atoms with Crippen molar-refractivity contribution < 1.29 is 5.11 Å². The molecule has 0 amide bonds. The van der Waals surface area contributed by atoms with Crippen LogP contribution in [0.1, 0.15) is 33.4 Å². The molecule has 0 bridgehead atoms. The average molecular weight is 1470 g/mol. The first-order valence-electron chi connectivity index (χ1n) is 26.3. The lowest BCUT2D eigenvalue weighted by atomic mass is 10.1. The topological polar surface area (TPSA) is 110 Å². The molecule has 0 saturated heterocycles. The van der Waals surface area contributed by atoms with Gasteiger partial charge in [0, 0.05) is 81.9 Å². The van der Waals surface area contributed by atoms with E-state index in [0.717, 1.165) is 127 Å². The third-order valence-electron chi connectivity index (χ3n) is 14.3. The van der Waals surface area contributed by atoms with Gasteiger partial charge >= 0.3 is 0 Å². The summed E-state index contributed by atoms with van der Waals surface area (Å²) in [6.45, 7) is 13.0. The zero-order chi connectivity index (χ0) is 58.5. The van der Waals surface area contributed by atoms with Crippen LogP contribution in [-0.2, 0) is 0 Å². The number of hydrogen-bond acceptors (Lipinski definition) is 14. The number of pyridine rings is 1. The van der Waals surface area contributed by atoms with E-state index in [0.29, 0.717) is 0 Å². The van der Waals surface area contributed by atoms with Crippen LogP contribution in [0.4, 0.5) is 0 Å². The number of rotatable bonds is 6. The molecular weight excluding hydrogens is 1420 g/mol. The lowest BCUT2D eigenvalue weighted by molar-refractivity contribution is 0.399. The monoisotopic (exact) mass is 1460 g/mol. The van der Waals surface area contributed by atoms with E-state index in [2.05, 4.69) is 232 Å². The highest BCUT2D eigenvalue weighted by Crippen LogP contribution is 2.46. The lowest BCUT2D eigenvalue weighted by Crippen LogP contribution is -1.84. The molecule has 8 aromatic carbocycles. The van der Waals surface area contributed by atoms with Crippen molar-refractivity contribution in [2.75, 3.05) is 7.11 Å². The van der Waals surface area contributed by atoms with E-state index in [1.807, 2.05) is 30.6 Å². The van der Waals surface area contributed by atoms with Crippen molar-refractivity contribution in [3.63, 3.8) is 0 Å². The van der Waals surface area contributed by atoms with Gasteiger partial charge in [-0.3, -0.25) is 4.98 Å². The van der Waals surface area contributed by atoms with E-state index in [9.17, 15) is 0 Å². The lowest BCUT2D eigenvalue weighted by Gasteiger charge is -2.00. The van der Waals surface area contributed by atoms with Gasteiger partial charge < -0.3 is 5.11 Å². The number of thiazole rings is 6. The Labute approximate surface area is 542 Å². The summed E-state index contributed by atoms with van der Waals surface area (Å²) in [6, 6.07) is 47.8. The van der Waals surface area contributed by atoms with Crippen molar-refractivity contribution in [3.8, 4) is 63.4 Å². The largest absolute Gasteiger partial charge is 0.400 e.